The van der Waals surface area contributed by atoms with Crippen molar-refractivity contribution in [1.82, 2.24) is 5.32 Å². The zero-order valence-corrected chi connectivity index (χ0v) is 9.37. The SMILES string of the molecule is O=C(O)[C@H]1CC=CC[C@H]1C(=O)NC(CO)CO. The van der Waals surface area contributed by atoms with Gasteiger partial charge >= 0.3 is 5.97 Å². The summed E-state index contributed by atoms with van der Waals surface area (Å²) >= 11 is 0. The quantitative estimate of drug-likeness (QED) is 0.469. The van der Waals surface area contributed by atoms with Crippen molar-refractivity contribution in [2.24, 2.45) is 11.8 Å². The summed E-state index contributed by atoms with van der Waals surface area (Å²) in [5.41, 5.74) is 0. The van der Waals surface area contributed by atoms with Crippen molar-refractivity contribution in [3.8, 4) is 0 Å². The van der Waals surface area contributed by atoms with Crippen molar-refractivity contribution in [3.63, 3.8) is 0 Å². The molecule has 0 aromatic rings. The van der Waals surface area contributed by atoms with E-state index in [1.54, 1.807) is 12.2 Å². The van der Waals surface area contributed by atoms with Gasteiger partial charge in [0.25, 0.3) is 0 Å². The molecule has 0 saturated carbocycles. The number of aliphatic hydroxyl groups is 2. The summed E-state index contributed by atoms with van der Waals surface area (Å²) in [6, 6.07) is -0.733. The van der Waals surface area contributed by atoms with Crippen molar-refractivity contribution in [3.05, 3.63) is 12.2 Å². The Morgan fingerprint density at radius 2 is 1.71 bits per heavy atom. The highest BCUT2D eigenvalue weighted by atomic mass is 16.4. The third-order valence-corrected chi connectivity index (χ3v) is 2.87. The summed E-state index contributed by atoms with van der Waals surface area (Å²) in [4.78, 5) is 22.8. The highest BCUT2D eigenvalue weighted by Gasteiger charge is 2.34. The van der Waals surface area contributed by atoms with E-state index in [-0.39, 0.29) is 13.2 Å². The second-order valence-corrected chi connectivity index (χ2v) is 4.06. The van der Waals surface area contributed by atoms with Gasteiger partial charge in [-0.1, -0.05) is 12.2 Å². The Kier molecular flexibility index (Phi) is 5.11. The Labute approximate surface area is 98.9 Å². The molecule has 0 aromatic heterocycles. The number of carbonyl (C=O) groups is 2. The first-order valence-corrected chi connectivity index (χ1v) is 5.50. The number of hydrogen-bond donors (Lipinski definition) is 4. The van der Waals surface area contributed by atoms with Crippen LogP contribution in [-0.4, -0.2) is 46.5 Å². The second kappa shape index (κ2) is 6.36. The maximum absolute atomic E-state index is 11.8. The predicted octanol–water partition coefficient (Wildman–Crippen LogP) is -0.877. The molecule has 0 unspecified atom stereocenters. The lowest BCUT2D eigenvalue weighted by molar-refractivity contribution is -0.147. The number of carboxylic acids is 1. The second-order valence-electron chi connectivity index (χ2n) is 4.06. The Bertz CT molecular complexity index is 311. The van der Waals surface area contributed by atoms with Crippen LogP contribution in [0.3, 0.4) is 0 Å². The van der Waals surface area contributed by atoms with Gasteiger partial charge in [-0.2, -0.15) is 0 Å². The largest absolute Gasteiger partial charge is 0.481 e. The van der Waals surface area contributed by atoms with Crippen LogP contribution in [-0.2, 0) is 9.59 Å². The Balaban J connectivity index is 2.66. The van der Waals surface area contributed by atoms with E-state index in [0.29, 0.717) is 12.8 Å². The normalized spacial score (nSPS) is 23.7. The van der Waals surface area contributed by atoms with Crippen LogP contribution in [0, 0.1) is 11.8 Å². The maximum Gasteiger partial charge on any atom is 0.307 e. The summed E-state index contributed by atoms with van der Waals surface area (Å²) in [5.74, 6) is -2.81. The van der Waals surface area contributed by atoms with Gasteiger partial charge in [-0.25, -0.2) is 0 Å². The molecule has 1 aliphatic rings. The fourth-order valence-electron chi connectivity index (χ4n) is 1.83. The highest BCUT2D eigenvalue weighted by Crippen LogP contribution is 2.26. The van der Waals surface area contributed by atoms with Crippen molar-refractivity contribution in [2.45, 2.75) is 18.9 Å². The van der Waals surface area contributed by atoms with Gasteiger partial charge < -0.3 is 20.6 Å². The van der Waals surface area contributed by atoms with Gasteiger partial charge in [0.15, 0.2) is 0 Å². The van der Waals surface area contributed by atoms with Crippen LogP contribution in [0.5, 0.6) is 0 Å². The van der Waals surface area contributed by atoms with Gasteiger partial charge in [0.2, 0.25) is 5.91 Å². The van der Waals surface area contributed by atoms with E-state index >= 15 is 0 Å². The lowest BCUT2D eigenvalue weighted by Gasteiger charge is -2.25. The van der Waals surface area contributed by atoms with Gasteiger partial charge in [0.1, 0.15) is 0 Å². The number of aliphatic carboxylic acids is 1. The average Bonchev–Trinajstić information content (AvgIpc) is 2.35. The molecule has 1 amide bonds. The molecule has 0 bridgehead atoms. The van der Waals surface area contributed by atoms with Crippen LogP contribution in [0.4, 0.5) is 0 Å². The molecule has 0 aromatic carbocycles. The van der Waals surface area contributed by atoms with Gasteiger partial charge in [0, 0.05) is 0 Å². The molecule has 2 atom stereocenters. The topological polar surface area (TPSA) is 107 Å². The van der Waals surface area contributed by atoms with Gasteiger partial charge in [-0.15, -0.1) is 0 Å². The molecule has 6 nitrogen and oxygen atoms in total. The third kappa shape index (κ3) is 3.54. The predicted molar refractivity (Wildman–Crippen MR) is 59.1 cm³/mol. The molecular formula is C11H17NO5. The maximum atomic E-state index is 11.8. The van der Waals surface area contributed by atoms with E-state index in [1.807, 2.05) is 0 Å². The molecule has 0 aliphatic heterocycles. The standard InChI is InChI=1S/C11H17NO5/c13-5-7(6-14)12-10(15)8-3-1-2-4-9(8)11(16)17/h1-2,7-9,13-14H,3-6H2,(H,12,15)(H,16,17)/t8-,9+/m1/s1. The summed E-state index contributed by atoms with van der Waals surface area (Å²) in [6.45, 7) is -0.745. The molecule has 17 heavy (non-hydrogen) atoms. The number of hydrogen-bond acceptors (Lipinski definition) is 4. The van der Waals surface area contributed by atoms with E-state index in [0.717, 1.165) is 0 Å². The molecule has 0 spiro atoms. The average molecular weight is 243 g/mol. The minimum absolute atomic E-state index is 0.330. The Hall–Kier alpha value is -1.40. The van der Waals surface area contributed by atoms with E-state index in [9.17, 15) is 9.59 Å². The minimum atomic E-state index is -1.00. The van der Waals surface area contributed by atoms with Crippen LogP contribution in [0.15, 0.2) is 12.2 Å². The summed E-state index contributed by atoms with van der Waals surface area (Å²) < 4.78 is 0. The molecular weight excluding hydrogens is 226 g/mol. The lowest BCUT2D eigenvalue weighted by Crippen LogP contribution is -2.46. The zero-order chi connectivity index (χ0) is 12.8. The van der Waals surface area contributed by atoms with E-state index < -0.39 is 29.8 Å². The first-order valence-electron chi connectivity index (χ1n) is 5.50. The molecule has 96 valence electrons. The van der Waals surface area contributed by atoms with Gasteiger partial charge in [0.05, 0.1) is 31.1 Å². The number of rotatable bonds is 5. The molecule has 1 rings (SSSR count). The molecule has 0 radical (unpaired) electrons. The van der Waals surface area contributed by atoms with E-state index in [4.69, 9.17) is 15.3 Å². The lowest BCUT2D eigenvalue weighted by atomic mass is 9.82. The van der Waals surface area contributed by atoms with Crippen LogP contribution < -0.4 is 5.32 Å². The molecule has 1 aliphatic carbocycles. The van der Waals surface area contributed by atoms with Crippen molar-refractivity contribution in [2.75, 3.05) is 13.2 Å². The highest BCUT2D eigenvalue weighted by molar-refractivity contribution is 5.85. The van der Waals surface area contributed by atoms with Crippen LogP contribution in [0.2, 0.25) is 0 Å². The number of nitrogens with one attached hydrogen (secondary N) is 1. The molecule has 0 heterocycles. The summed E-state index contributed by atoms with van der Waals surface area (Å²) in [7, 11) is 0. The molecule has 0 fully saturated rings. The molecule has 6 heteroatoms. The fraction of sp³-hybridized carbons (Fsp3) is 0.636. The smallest absolute Gasteiger partial charge is 0.307 e. The first kappa shape index (κ1) is 13.7. The van der Waals surface area contributed by atoms with E-state index in [2.05, 4.69) is 5.32 Å². The number of carboxylic acid groups (broad SMARTS) is 1. The van der Waals surface area contributed by atoms with Crippen molar-refractivity contribution in [1.29, 1.82) is 0 Å². The molecule has 0 saturated heterocycles. The van der Waals surface area contributed by atoms with Gasteiger partial charge in [-0.3, -0.25) is 9.59 Å². The summed E-state index contributed by atoms with van der Waals surface area (Å²) in [6.07, 6.45) is 4.22. The van der Waals surface area contributed by atoms with Crippen LogP contribution in [0.25, 0.3) is 0 Å². The number of allylic oxidation sites excluding steroid dienone is 2. The first-order chi connectivity index (χ1) is 8.10. The zero-order valence-electron chi connectivity index (χ0n) is 9.37. The van der Waals surface area contributed by atoms with Crippen molar-refractivity contribution < 1.29 is 24.9 Å². The number of amides is 1. The Morgan fingerprint density at radius 1 is 1.18 bits per heavy atom. The van der Waals surface area contributed by atoms with E-state index in [1.165, 1.54) is 0 Å². The molecule has 4 N–H and O–H groups in total. The number of carbonyl (C=O) groups excluding carboxylic acids is 1. The Morgan fingerprint density at radius 3 is 2.18 bits per heavy atom. The number of aliphatic hydroxyl groups excluding tert-OH is 2. The minimum Gasteiger partial charge on any atom is -0.481 e. The van der Waals surface area contributed by atoms with Crippen LogP contribution in [0.1, 0.15) is 12.8 Å². The fourth-order valence-corrected chi connectivity index (χ4v) is 1.83. The van der Waals surface area contributed by atoms with Crippen molar-refractivity contribution >= 4 is 11.9 Å². The summed E-state index contributed by atoms with van der Waals surface area (Å²) in [5, 5.41) is 29.1. The third-order valence-electron chi connectivity index (χ3n) is 2.87. The van der Waals surface area contributed by atoms with Gasteiger partial charge in [-0.05, 0) is 12.8 Å². The van der Waals surface area contributed by atoms with Crippen LogP contribution >= 0.6 is 0 Å². The monoisotopic (exact) mass is 243 g/mol.